The lowest BCUT2D eigenvalue weighted by atomic mass is 10.1. The van der Waals surface area contributed by atoms with E-state index < -0.39 is 18.6 Å². The van der Waals surface area contributed by atoms with Gasteiger partial charge in [0.2, 0.25) is 0 Å². The second kappa shape index (κ2) is 7.99. The molecule has 3 rings (SSSR count). The lowest BCUT2D eigenvalue weighted by Gasteiger charge is -2.10. The fraction of sp³-hybridized carbons (Fsp3) is 0.444. The van der Waals surface area contributed by atoms with Gasteiger partial charge in [0, 0.05) is 11.6 Å². The van der Waals surface area contributed by atoms with Crippen LogP contribution in [0.1, 0.15) is 52.7 Å². The number of halogens is 3. The minimum Gasteiger partial charge on any atom is -0.348 e. The van der Waals surface area contributed by atoms with Gasteiger partial charge >= 0.3 is 6.18 Å². The molecule has 2 N–H and O–H groups in total. The molecule has 0 aliphatic heterocycles. The number of hydrogen-bond donors (Lipinski definition) is 2. The average Bonchev–Trinajstić information content (AvgIpc) is 3.36. The van der Waals surface area contributed by atoms with Crippen molar-refractivity contribution in [1.82, 2.24) is 25.6 Å². The minimum atomic E-state index is -4.47. The van der Waals surface area contributed by atoms with E-state index in [1.165, 1.54) is 16.8 Å². The molecule has 1 aliphatic rings. The van der Waals surface area contributed by atoms with Crippen molar-refractivity contribution in [2.24, 2.45) is 0 Å². The summed E-state index contributed by atoms with van der Waals surface area (Å²) in [7, 11) is 0. The third-order valence-electron chi connectivity index (χ3n) is 4.20. The third-order valence-corrected chi connectivity index (χ3v) is 4.20. The van der Waals surface area contributed by atoms with Gasteiger partial charge < -0.3 is 10.6 Å². The molecule has 1 saturated carbocycles. The van der Waals surface area contributed by atoms with E-state index in [1.807, 2.05) is 12.2 Å². The molecule has 0 saturated heterocycles. The Morgan fingerprint density at radius 2 is 1.86 bits per heavy atom. The van der Waals surface area contributed by atoms with E-state index in [2.05, 4.69) is 15.6 Å². The number of amides is 2. The normalized spacial score (nSPS) is 14.0. The minimum absolute atomic E-state index is 0.0943. The van der Waals surface area contributed by atoms with Gasteiger partial charge in [0.1, 0.15) is 6.54 Å². The molecule has 0 bridgehead atoms. The van der Waals surface area contributed by atoms with Crippen molar-refractivity contribution in [3.05, 3.63) is 41.2 Å². The van der Waals surface area contributed by atoms with E-state index in [-0.39, 0.29) is 23.2 Å². The van der Waals surface area contributed by atoms with Crippen LogP contribution in [0.3, 0.4) is 0 Å². The molecule has 1 heterocycles. The maximum absolute atomic E-state index is 12.4. The highest BCUT2D eigenvalue weighted by Gasteiger charge is 2.29. The summed E-state index contributed by atoms with van der Waals surface area (Å²) in [6, 6.07) is 6.12. The van der Waals surface area contributed by atoms with Crippen LogP contribution in [-0.4, -0.2) is 45.6 Å². The van der Waals surface area contributed by atoms with Gasteiger partial charge in [-0.15, -0.1) is 5.10 Å². The Morgan fingerprint density at radius 1 is 1.18 bits per heavy atom. The highest BCUT2D eigenvalue weighted by molar-refractivity contribution is 5.95. The summed E-state index contributed by atoms with van der Waals surface area (Å²) in [5, 5.41) is 12.8. The third kappa shape index (κ3) is 4.87. The average molecular weight is 395 g/mol. The summed E-state index contributed by atoms with van der Waals surface area (Å²) in [6.07, 6.45) is -1.20. The van der Waals surface area contributed by atoms with Crippen molar-refractivity contribution in [3.8, 4) is 5.69 Å². The van der Waals surface area contributed by atoms with E-state index >= 15 is 0 Å². The molecule has 1 aromatic carbocycles. The van der Waals surface area contributed by atoms with Crippen molar-refractivity contribution in [1.29, 1.82) is 0 Å². The number of carbonyl (C=O) groups excluding carboxylic acids is 2. The summed E-state index contributed by atoms with van der Waals surface area (Å²) >= 11 is 0. The molecular formula is C18H20F3N5O2. The number of aromatic nitrogens is 3. The number of hydrogen-bond acceptors (Lipinski definition) is 4. The van der Waals surface area contributed by atoms with Crippen LogP contribution in [0.2, 0.25) is 0 Å². The van der Waals surface area contributed by atoms with Crippen molar-refractivity contribution in [2.75, 3.05) is 6.54 Å². The highest BCUT2D eigenvalue weighted by atomic mass is 19.4. The van der Waals surface area contributed by atoms with Crippen molar-refractivity contribution < 1.29 is 22.8 Å². The molecule has 2 amide bonds. The molecule has 0 spiro atoms. The van der Waals surface area contributed by atoms with E-state index in [1.54, 1.807) is 12.1 Å². The molecule has 7 nitrogen and oxygen atoms in total. The number of benzene rings is 1. The maximum atomic E-state index is 12.4. The van der Waals surface area contributed by atoms with E-state index in [4.69, 9.17) is 0 Å². The monoisotopic (exact) mass is 395 g/mol. The van der Waals surface area contributed by atoms with Crippen LogP contribution in [0.4, 0.5) is 13.2 Å². The number of alkyl halides is 3. The van der Waals surface area contributed by atoms with Gasteiger partial charge in [-0.1, -0.05) is 18.6 Å². The number of nitrogens with one attached hydrogen (secondary N) is 2. The highest BCUT2D eigenvalue weighted by Crippen LogP contribution is 2.21. The zero-order valence-corrected chi connectivity index (χ0v) is 15.2. The molecule has 1 aromatic heterocycles. The molecule has 28 heavy (non-hydrogen) atoms. The van der Waals surface area contributed by atoms with Gasteiger partial charge in [0.25, 0.3) is 11.8 Å². The molecule has 10 heteroatoms. The summed E-state index contributed by atoms with van der Waals surface area (Å²) in [5.41, 5.74) is 1.57. The van der Waals surface area contributed by atoms with Gasteiger partial charge in [-0.25, -0.2) is 4.68 Å². The fourth-order valence-corrected chi connectivity index (χ4v) is 2.66. The topological polar surface area (TPSA) is 88.9 Å². The van der Waals surface area contributed by atoms with E-state index in [0.717, 1.165) is 19.3 Å². The lowest BCUT2D eigenvalue weighted by molar-refractivity contribution is -0.123. The Bertz CT molecular complexity index is 857. The standard InChI is InChI=1S/C18H20F3N5O2/c1-2-3-14-15(17(28)23-12-6-7-12)24-25-26(14)13-8-4-11(5-9-13)16(27)22-10-18(19,20)21/h4-5,8-9,12H,2-3,6-7,10H2,1H3,(H,22,27)(H,23,28). The molecule has 2 aromatic rings. The first-order valence-electron chi connectivity index (χ1n) is 8.99. The Balaban J connectivity index is 1.78. The number of nitrogens with zero attached hydrogens (tertiary/aromatic N) is 3. The van der Waals surface area contributed by atoms with E-state index in [9.17, 15) is 22.8 Å². The van der Waals surface area contributed by atoms with Crippen LogP contribution in [0.15, 0.2) is 24.3 Å². The maximum Gasteiger partial charge on any atom is 0.405 e. The van der Waals surface area contributed by atoms with Crippen molar-refractivity contribution in [2.45, 2.75) is 44.8 Å². The van der Waals surface area contributed by atoms with Gasteiger partial charge in [-0.2, -0.15) is 13.2 Å². The Morgan fingerprint density at radius 3 is 2.43 bits per heavy atom. The second-order valence-corrected chi connectivity index (χ2v) is 6.64. The van der Waals surface area contributed by atoms with Gasteiger partial charge in [0.05, 0.1) is 11.4 Å². The largest absolute Gasteiger partial charge is 0.405 e. The van der Waals surface area contributed by atoms with Crippen LogP contribution in [0.5, 0.6) is 0 Å². The first-order valence-corrected chi connectivity index (χ1v) is 8.99. The zero-order valence-electron chi connectivity index (χ0n) is 15.2. The molecule has 0 radical (unpaired) electrons. The first-order chi connectivity index (χ1) is 13.3. The molecule has 150 valence electrons. The van der Waals surface area contributed by atoms with E-state index in [0.29, 0.717) is 17.8 Å². The van der Waals surface area contributed by atoms with Gasteiger partial charge in [-0.3, -0.25) is 9.59 Å². The molecule has 0 atom stereocenters. The van der Waals surface area contributed by atoms with Crippen LogP contribution >= 0.6 is 0 Å². The lowest BCUT2D eigenvalue weighted by Crippen LogP contribution is -2.33. The number of rotatable bonds is 7. The summed E-state index contributed by atoms with van der Waals surface area (Å²) in [4.78, 5) is 24.2. The smallest absolute Gasteiger partial charge is 0.348 e. The molecule has 0 unspecified atom stereocenters. The zero-order chi connectivity index (χ0) is 20.3. The molecular weight excluding hydrogens is 375 g/mol. The Kier molecular flexibility index (Phi) is 5.66. The SMILES string of the molecule is CCCc1c(C(=O)NC2CC2)nnn1-c1ccc(C(=O)NCC(F)(F)F)cc1. The summed E-state index contributed by atoms with van der Waals surface area (Å²) in [5.74, 6) is -1.08. The van der Waals surface area contributed by atoms with Crippen molar-refractivity contribution >= 4 is 11.8 Å². The summed E-state index contributed by atoms with van der Waals surface area (Å²) < 4.78 is 38.2. The van der Waals surface area contributed by atoms with Crippen LogP contribution in [0.25, 0.3) is 5.69 Å². The summed E-state index contributed by atoms with van der Waals surface area (Å²) in [6.45, 7) is 0.574. The quantitative estimate of drug-likeness (QED) is 0.754. The predicted molar refractivity (Wildman–Crippen MR) is 94.2 cm³/mol. The number of carbonyl (C=O) groups is 2. The van der Waals surface area contributed by atoms with Gasteiger partial charge in [0.15, 0.2) is 5.69 Å². The van der Waals surface area contributed by atoms with Crippen LogP contribution in [0, 0.1) is 0 Å². The Labute approximate surface area is 159 Å². The molecule has 1 fully saturated rings. The Hall–Kier alpha value is -2.91. The predicted octanol–water partition coefficient (Wildman–Crippen LogP) is 2.40. The first kappa shape index (κ1) is 19.8. The van der Waals surface area contributed by atoms with Gasteiger partial charge in [-0.05, 0) is 43.5 Å². The van der Waals surface area contributed by atoms with Crippen LogP contribution in [-0.2, 0) is 6.42 Å². The molecule has 1 aliphatic carbocycles. The fourth-order valence-electron chi connectivity index (χ4n) is 2.66. The van der Waals surface area contributed by atoms with Crippen LogP contribution < -0.4 is 10.6 Å². The van der Waals surface area contributed by atoms with Crippen molar-refractivity contribution in [3.63, 3.8) is 0 Å². The second-order valence-electron chi connectivity index (χ2n) is 6.64.